The minimum absolute atomic E-state index is 0.269. The highest BCUT2D eigenvalue weighted by atomic mass is 32.1. The molecule has 4 nitrogen and oxygen atoms in total. The molecule has 1 atom stereocenters. The van der Waals surface area contributed by atoms with E-state index >= 15 is 0 Å². The Morgan fingerprint density at radius 3 is 2.81 bits per heavy atom. The van der Waals surface area contributed by atoms with Gasteiger partial charge in [-0.3, -0.25) is 0 Å². The smallest absolute Gasteiger partial charge is 0.136 e. The first-order valence-corrected chi connectivity index (χ1v) is 8.57. The molecule has 2 N–H and O–H groups in total. The van der Waals surface area contributed by atoms with Crippen molar-refractivity contribution in [3.63, 3.8) is 0 Å². The van der Waals surface area contributed by atoms with Gasteiger partial charge in [0.1, 0.15) is 17.5 Å². The van der Waals surface area contributed by atoms with Gasteiger partial charge < -0.3 is 10.6 Å². The molecule has 1 fully saturated rings. The van der Waals surface area contributed by atoms with Crippen LogP contribution in [-0.4, -0.2) is 16.5 Å². The molecule has 5 heteroatoms. The third-order valence-corrected chi connectivity index (χ3v) is 4.63. The highest BCUT2D eigenvalue weighted by molar-refractivity contribution is 7.10. The van der Waals surface area contributed by atoms with Crippen LogP contribution in [0.3, 0.4) is 0 Å². The van der Waals surface area contributed by atoms with Crippen LogP contribution >= 0.6 is 11.3 Å². The van der Waals surface area contributed by atoms with Gasteiger partial charge in [-0.15, -0.1) is 11.3 Å². The largest absolute Gasteiger partial charge is 0.370 e. The average molecular weight is 302 g/mol. The molecule has 1 aliphatic rings. The van der Waals surface area contributed by atoms with Crippen molar-refractivity contribution in [2.45, 2.75) is 45.1 Å². The van der Waals surface area contributed by atoms with Crippen LogP contribution in [0.4, 0.5) is 11.6 Å². The summed E-state index contributed by atoms with van der Waals surface area (Å²) in [5.74, 6) is 3.41. The maximum atomic E-state index is 4.70. The van der Waals surface area contributed by atoms with E-state index in [1.165, 1.54) is 17.7 Å². The Kier molecular flexibility index (Phi) is 4.39. The Bertz CT molecular complexity index is 578. The van der Waals surface area contributed by atoms with Crippen LogP contribution in [-0.2, 0) is 0 Å². The summed E-state index contributed by atoms with van der Waals surface area (Å²) < 4.78 is 0. The molecule has 0 aliphatic heterocycles. The first-order chi connectivity index (χ1) is 10.3. The Morgan fingerprint density at radius 2 is 2.14 bits per heavy atom. The Hall–Kier alpha value is -1.62. The highest BCUT2D eigenvalue weighted by Crippen LogP contribution is 2.39. The Labute approximate surface area is 130 Å². The minimum atomic E-state index is 0.269. The van der Waals surface area contributed by atoms with Crippen LogP contribution in [0.15, 0.2) is 23.6 Å². The van der Waals surface area contributed by atoms with E-state index in [2.05, 4.69) is 47.0 Å². The second-order valence-electron chi connectivity index (χ2n) is 5.58. The molecule has 0 radical (unpaired) electrons. The average Bonchev–Trinajstić information content (AvgIpc) is 3.19. The molecule has 1 saturated carbocycles. The molecule has 0 spiro atoms. The number of hydrogen-bond donors (Lipinski definition) is 2. The number of nitrogens with zero attached hydrogens (tertiary/aromatic N) is 2. The van der Waals surface area contributed by atoms with Crippen molar-refractivity contribution in [3.8, 4) is 0 Å². The molecule has 2 heterocycles. The van der Waals surface area contributed by atoms with Gasteiger partial charge in [-0.05, 0) is 37.6 Å². The van der Waals surface area contributed by atoms with Crippen LogP contribution in [0.1, 0.15) is 55.8 Å². The van der Waals surface area contributed by atoms with E-state index in [4.69, 9.17) is 4.98 Å². The topological polar surface area (TPSA) is 49.8 Å². The summed E-state index contributed by atoms with van der Waals surface area (Å²) in [5, 5.41) is 8.99. The van der Waals surface area contributed by atoms with Crippen molar-refractivity contribution in [2.75, 3.05) is 17.2 Å². The molecule has 1 unspecified atom stereocenters. The number of rotatable bonds is 7. The van der Waals surface area contributed by atoms with Gasteiger partial charge in [0.15, 0.2) is 0 Å². The van der Waals surface area contributed by atoms with Crippen LogP contribution < -0.4 is 10.6 Å². The van der Waals surface area contributed by atoms with Gasteiger partial charge >= 0.3 is 0 Å². The zero-order valence-corrected chi connectivity index (χ0v) is 13.4. The van der Waals surface area contributed by atoms with Gasteiger partial charge in [0.05, 0.1) is 6.04 Å². The first-order valence-electron chi connectivity index (χ1n) is 7.69. The van der Waals surface area contributed by atoms with Gasteiger partial charge in [0, 0.05) is 23.4 Å². The minimum Gasteiger partial charge on any atom is -0.370 e. The summed E-state index contributed by atoms with van der Waals surface area (Å²) in [6, 6.07) is 6.53. The van der Waals surface area contributed by atoms with Gasteiger partial charge in [-0.2, -0.15) is 0 Å². The van der Waals surface area contributed by atoms with E-state index in [0.717, 1.165) is 30.4 Å². The number of anilines is 2. The number of hydrogen-bond acceptors (Lipinski definition) is 5. The lowest BCUT2D eigenvalue weighted by atomic mass is 10.2. The predicted octanol–water partition coefficient (Wildman–Crippen LogP) is 4.41. The monoisotopic (exact) mass is 302 g/mol. The lowest BCUT2D eigenvalue weighted by Gasteiger charge is -2.15. The molecule has 0 saturated heterocycles. The summed E-state index contributed by atoms with van der Waals surface area (Å²) in [6.45, 7) is 5.28. The van der Waals surface area contributed by atoms with Crippen molar-refractivity contribution >= 4 is 23.0 Å². The Balaban J connectivity index is 1.77. The third-order valence-electron chi connectivity index (χ3n) is 3.58. The maximum absolute atomic E-state index is 4.70. The van der Waals surface area contributed by atoms with Gasteiger partial charge in [-0.1, -0.05) is 13.0 Å². The van der Waals surface area contributed by atoms with Crippen LogP contribution in [0.2, 0.25) is 0 Å². The van der Waals surface area contributed by atoms with E-state index in [-0.39, 0.29) is 6.04 Å². The van der Waals surface area contributed by atoms with E-state index in [1.54, 1.807) is 11.3 Å². The van der Waals surface area contributed by atoms with Crippen molar-refractivity contribution in [1.29, 1.82) is 0 Å². The molecular formula is C16H22N4S. The van der Waals surface area contributed by atoms with Crippen LogP contribution in [0.5, 0.6) is 0 Å². The van der Waals surface area contributed by atoms with Gasteiger partial charge in [-0.25, -0.2) is 9.97 Å². The maximum Gasteiger partial charge on any atom is 0.136 e. The fraction of sp³-hybridized carbons (Fsp3) is 0.500. The number of aromatic nitrogens is 2. The number of thiophene rings is 1. The van der Waals surface area contributed by atoms with Crippen LogP contribution in [0.25, 0.3) is 0 Å². The molecule has 0 aromatic carbocycles. The summed E-state index contributed by atoms with van der Waals surface area (Å²) in [6.07, 6.45) is 3.53. The molecule has 2 aromatic heterocycles. The first kappa shape index (κ1) is 14.3. The lowest BCUT2D eigenvalue weighted by molar-refractivity contribution is 0.865. The SMILES string of the molecule is CCCNc1cc(NC(C)c2cccs2)nc(C2CC2)n1. The third kappa shape index (κ3) is 3.73. The summed E-state index contributed by atoms with van der Waals surface area (Å²) in [4.78, 5) is 10.7. The molecule has 2 aromatic rings. The fourth-order valence-corrected chi connectivity index (χ4v) is 2.97. The second-order valence-corrected chi connectivity index (χ2v) is 6.56. The van der Waals surface area contributed by atoms with E-state index in [1.807, 2.05) is 6.07 Å². The van der Waals surface area contributed by atoms with Crippen molar-refractivity contribution in [1.82, 2.24) is 9.97 Å². The zero-order valence-electron chi connectivity index (χ0n) is 12.6. The lowest BCUT2D eigenvalue weighted by Crippen LogP contribution is -2.10. The molecule has 0 amide bonds. The molecular weight excluding hydrogens is 280 g/mol. The number of nitrogens with one attached hydrogen (secondary N) is 2. The molecule has 3 rings (SSSR count). The van der Waals surface area contributed by atoms with Gasteiger partial charge in [0.25, 0.3) is 0 Å². The molecule has 0 bridgehead atoms. The van der Waals surface area contributed by atoms with E-state index in [0.29, 0.717) is 5.92 Å². The normalized spacial score (nSPS) is 15.7. The predicted molar refractivity (Wildman–Crippen MR) is 89.1 cm³/mol. The fourth-order valence-electron chi connectivity index (χ4n) is 2.24. The van der Waals surface area contributed by atoms with Crippen LogP contribution in [0, 0.1) is 0 Å². The van der Waals surface area contributed by atoms with Crippen molar-refractivity contribution in [2.24, 2.45) is 0 Å². The van der Waals surface area contributed by atoms with Crippen molar-refractivity contribution in [3.05, 3.63) is 34.3 Å². The van der Waals surface area contributed by atoms with Crippen molar-refractivity contribution < 1.29 is 0 Å². The van der Waals surface area contributed by atoms with E-state index < -0.39 is 0 Å². The summed E-state index contributed by atoms with van der Waals surface area (Å²) in [5.41, 5.74) is 0. The van der Waals surface area contributed by atoms with E-state index in [9.17, 15) is 0 Å². The zero-order chi connectivity index (χ0) is 14.7. The summed E-state index contributed by atoms with van der Waals surface area (Å²) in [7, 11) is 0. The Morgan fingerprint density at radius 1 is 1.33 bits per heavy atom. The molecule has 21 heavy (non-hydrogen) atoms. The summed E-state index contributed by atoms with van der Waals surface area (Å²) >= 11 is 1.77. The molecule has 112 valence electrons. The highest BCUT2D eigenvalue weighted by Gasteiger charge is 2.27. The molecule has 1 aliphatic carbocycles. The van der Waals surface area contributed by atoms with Gasteiger partial charge in [0.2, 0.25) is 0 Å². The second kappa shape index (κ2) is 6.43. The quantitative estimate of drug-likeness (QED) is 0.795. The standard InChI is InChI=1S/C16H22N4S/c1-3-8-17-14-10-15(20-16(19-14)12-6-7-12)18-11(2)13-5-4-9-21-13/h4-5,9-12H,3,6-8H2,1-2H3,(H2,17,18,19,20).